The minimum absolute atomic E-state index is 0.246. The largest absolute Gasteiger partial charge is 0.444 e. The molecule has 0 aliphatic heterocycles. The summed E-state index contributed by atoms with van der Waals surface area (Å²) >= 11 is 0. The van der Waals surface area contributed by atoms with Crippen molar-refractivity contribution in [1.29, 1.82) is 0 Å². The summed E-state index contributed by atoms with van der Waals surface area (Å²) in [4.78, 5) is 12.3. The number of carbonyl (C=O) groups is 1. The van der Waals surface area contributed by atoms with Crippen LogP contribution in [0.15, 0.2) is 39.6 Å². The number of benzene rings is 1. The van der Waals surface area contributed by atoms with Crippen LogP contribution in [-0.4, -0.2) is 34.7 Å². The van der Waals surface area contributed by atoms with Gasteiger partial charge in [-0.05, 0) is 39.8 Å². The fraction of sp³-hybridized carbons (Fsp3) is 0.533. The van der Waals surface area contributed by atoms with Gasteiger partial charge in [-0.15, -0.1) is 0 Å². The first-order valence-corrected chi connectivity index (χ1v) is 8.75. The third-order valence-electron chi connectivity index (χ3n) is 2.54. The number of nitrogens with zero attached hydrogens (tertiary/aromatic N) is 1. The maximum absolute atomic E-state index is 12.5. The average molecular weight is 312 g/mol. The summed E-state index contributed by atoms with van der Waals surface area (Å²) in [6.45, 7) is 7.47. The van der Waals surface area contributed by atoms with E-state index in [9.17, 15) is 9.00 Å². The molecule has 0 radical (unpaired) electrons. The average Bonchev–Trinajstić information content (AvgIpc) is 2.35. The van der Waals surface area contributed by atoms with E-state index in [-0.39, 0.29) is 12.6 Å². The van der Waals surface area contributed by atoms with Gasteiger partial charge >= 0.3 is 6.09 Å². The van der Waals surface area contributed by atoms with Gasteiger partial charge in [-0.25, -0.2) is 13.4 Å². The topological polar surface area (TPSA) is 67.8 Å². The first-order valence-electron chi connectivity index (χ1n) is 6.83. The molecule has 0 heterocycles. The van der Waals surface area contributed by atoms with E-state index in [2.05, 4.69) is 9.68 Å². The van der Waals surface area contributed by atoms with Crippen LogP contribution in [0.25, 0.3) is 0 Å². The summed E-state index contributed by atoms with van der Waals surface area (Å²) in [6.07, 6.45) is 1.11. The van der Waals surface area contributed by atoms with Crippen LogP contribution in [0, 0.1) is 0 Å². The second-order valence-corrected chi connectivity index (χ2v) is 8.31. The van der Waals surface area contributed by atoms with E-state index < -0.39 is 21.4 Å². The molecule has 1 aromatic carbocycles. The first kappa shape index (κ1) is 17.5. The van der Waals surface area contributed by atoms with E-state index in [0.717, 1.165) is 0 Å². The SMILES string of the molecule is C[C@@H](CN=S(C)(=O)c1ccccc1)NC(=O)OC(C)(C)C. The van der Waals surface area contributed by atoms with Crippen molar-refractivity contribution in [3.8, 4) is 0 Å². The van der Waals surface area contributed by atoms with Gasteiger partial charge in [-0.3, -0.25) is 0 Å². The van der Waals surface area contributed by atoms with E-state index >= 15 is 0 Å². The van der Waals surface area contributed by atoms with Crippen LogP contribution >= 0.6 is 0 Å². The van der Waals surface area contributed by atoms with Gasteiger partial charge in [0.15, 0.2) is 0 Å². The Morgan fingerprint density at radius 1 is 1.33 bits per heavy atom. The standard InChI is InChI=1S/C15H24N2O3S/c1-12(17-14(18)20-15(2,3)4)11-16-21(5,19)13-9-7-6-8-10-13/h6-10,12H,11H2,1-5H3,(H,17,18)/t12-,21?/m0/s1. The minimum Gasteiger partial charge on any atom is -0.444 e. The van der Waals surface area contributed by atoms with E-state index in [4.69, 9.17) is 4.74 Å². The van der Waals surface area contributed by atoms with E-state index in [0.29, 0.717) is 4.90 Å². The first-order chi connectivity index (χ1) is 9.60. The Kier molecular flexibility index (Phi) is 5.78. The van der Waals surface area contributed by atoms with Crippen LogP contribution in [0.2, 0.25) is 0 Å². The normalized spacial score (nSPS) is 15.7. The summed E-state index contributed by atoms with van der Waals surface area (Å²) in [5.41, 5.74) is -0.538. The van der Waals surface area contributed by atoms with E-state index in [1.807, 2.05) is 18.2 Å². The zero-order valence-corrected chi connectivity index (χ0v) is 14.1. The molecule has 0 aliphatic carbocycles. The third-order valence-corrected chi connectivity index (χ3v) is 4.33. The molecule has 1 amide bonds. The molecule has 1 aromatic rings. The Hall–Kier alpha value is -1.56. The molecule has 0 fully saturated rings. The molecule has 0 bridgehead atoms. The Morgan fingerprint density at radius 3 is 2.43 bits per heavy atom. The van der Waals surface area contributed by atoms with Crippen LogP contribution in [0.4, 0.5) is 4.79 Å². The summed E-state index contributed by atoms with van der Waals surface area (Å²) in [5, 5.41) is 2.68. The number of nitrogens with one attached hydrogen (secondary N) is 1. The van der Waals surface area contributed by atoms with Gasteiger partial charge in [-0.2, -0.15) is 0 Å². The van der Waals surface area contributed by atoms with Gasteiger partial charge in [0, 0.05) is 17.2 Å². The monoisotopic (exact) mass is 312 g/mol. The smallest absolute Gasteiger partial charge is 0.407 e. The highest BCUT2D eigenvalue weighted by atomic mass is 32.2. The molecule has 1 N–H and O–H groups in total. The Balaban J connectivity index is 2.63. The van der Waals surface area contributed by atoms with Crippen molar-refractivity contribution in [3.63, 3.8) is 0 Å². The lowest BCUT2D eigenvalue weighted by Crippen LogP contribution is -2.39. The second kappa shape index (κ2) is 6.93. The fourth-order valence-corrected chi connectivity index (χ4v) is 2.88. The van der Waals surface area contributed by atoms with Crippen LogP contribution in [-0.2, 0) is 14.5 Å². The summed E-state index contributed by atoms with van der Waals surface area (Å²) < 4.78 is 21.9. The van der Waals surface area contributed by atoms with Crippen molar-refractivity contribution in [3.05, 3.63) is 30.3 Å². The number of amides is 1. The lowest BCUT2D eigenvalue weighted by Gasteiger charge is -2.21. The lowest BCUT2D eigenvalue weighted by molar-refractivity contribution is 0.0510. The van der Waals surface area contributed by atoms with E-state index in [1.54, 1.807) is 46.1 Å². The lowest BCUT2D eigenvalue weighted by atomic mass is 10.2. The molecule has 0 aromatic heterocycles. The number of ether oxygens (including phenoxy) is 1. The zero-order valence-electron chi connectivity index (χ0n) is 13.3. The second-order valence-electron chi connectivity index (χ2n) is 5.97. The molecule has 1 unspecified atom stereocenters. The molecule has 1 rings (SSSR count). The van der Waals surface area contributed by atoms with Crippen molar-refractivity contribution in [2.45, 2.75) is 44.2 Å². The van der Waals surface area contributed by atoms with Gasteiger partial charge in [-0.1, -0.05) is 18.2 Å². The van der Waals surface area contributed by atoms with Crippen molar-refractivity contribution >= 4 is 15.8 Å². The van der Waals surface area contributed by atoms with Crippen molar-refractivity contribution in [2.75, 3.05) is 12.8 Å². The Bertz CT molecular complexity index is 585. The summed E-state index contributed by atoms with van der Waals surface area (Å²) in [7, 11) is -2.44. The summed E-state index contributed by atoms with van der Waals surface area (Å²) in [6, 6.07) is 8.86. The van der Waals surface area contributed by atoms with Gasteiger partial charge in [0.2, 0.25) is 0 Å². The van der Waals surface area contributed by atoms with Gasteiger partial charge in [0.1, 0.15) is 5.60 Å². The minimum atomic E-state index is -2.44. The number of hydrogen-bond donors (Lipinski definition) is 1. The molecule has 5 nitrogen and oxygen atoms in total. The Morgan fingerprint density at radius 2 is 1.90 bits per heavy atom. The molecule has 0 saturated carbocycles. The van der Waals surface area contributed by atoms with Crippen LogP contribution in [0.3, 0.4) is 0 Å². The third kappa shape index (κ3) is 6.62. The van der Waals surface area contributed by atoms with E-state index in [1.165, 1.54) is 0 Å². The molecule has 0 spiro atoms. The predicted molar refractivity (Wildman–Crippen MR) is 84.9 cm³/mol. The quantitative estimate of drug-likeness (QED) is 0.929. The van der Waals surface area contributed by atoms with Crippen LogP contribution in [0.1, 0.15) is 27.7 Å². The number of hydrogen-bond acceptors (Lipinski definition) is 4. The number of carbonyl (C=O) groups excluding carboxylic acids is 1. The Labute approximate surface area is 127 Å². The van der Waals surface area contributed by atoms with Gasteiger partial charge in [0.05, 0.1) is 16.3 Å². The van der Waals surface area contributed by atoms with Crippen LogP contribution < -0.4 is 5.32 Å². The predicted octanol–water partition coefficient (Wildman–Crippen LogP) is 3.06. The number of rotatable bonds is 4. The van der Waals surface area contributed by atoms with Gasteiger partial charge < -0.3 is 10.1 Å². The maximum Gasteiger partial charge on any atom is 0.407 e. The van der Waals surface area contributed by atoms with Crippen molar-refractivity contribution < 1.29 is 13.7 Å². The number of alkyl carbamates (subject to hydrolysis) is 1. The van der Waals surface area contributed by atoms with Crippen molar-refractivity contribution in [2.24, 2.45) is 4.36 Å². The molecule has 21 heavy (non-hydrogen) atoms. The summed E-state index contributed by atoms with van der Waals surface area (Å²) in [5.74, 6) is 0. The zero-order chi connectivity index (χ0) is 16.1. The molecule has 0 saturated heterocycles. The highest BCUT2D eigenvalue weighted by Crippen LogP contribution is 2.11. The van der Waals surface area contributed by atoms with Crippen LogP contribution in [0.5, 0.6) is 0 Å². The fourth-order valence-electron chi connectivity index (χ4n) is 1.56. The molecule has 2 atom stereocenters. The molecule has 6 heteroatoms. The maximum atomic E-state index is 12.5. The van der Waals surface area contributed by atoms with Crippen molar-refractivity contribution in [1.82, 2.24) is 5.32 Å². The molecular weight excluding hydrogens is 288 g/mol. The molecular formula is C15H24N2O3S. The highest BCUT2D eigenvalue weighted by Gasteiger charge is 2.17. The molecule has 118 valence electrons. The van der Waals surface area contributed by atoms with Gasteiger partial charge in [0.25, 0.3) is 0 Å². The highest BCUT2D eigenvalue weighted by molar-refractivity contribution is 7.93. The molecule has 0 aliphatic rings.